The smallest absolute Gasteiger partial charge is 0.319 e. The van der Waals surface area contributed by atoms with Crippen molar-refractivity contribution in [1.82, 2.24) is 20.5 Å². The molecule has 1 aromatic carbocycles. The van der Waals surface area contributed by atoms with Crippen molar-refractivity contribution in [2.45, 2.75) is 6.92 Å². The average molecular weight is 407 g/mol. The highest BCUT2D eigenvalue weighted by molar-refractivity contribution is 5.89. The van der Waals surface area contributed by atoms with E-state index < -0.39 is 0 Å². The number of carbonyl (C=O) groups excluding carboxylic acids is 1. The predicted octanol–water partition coefficient (Wildman–Crippen LogP) is 2.89. The van der Waals surface area contributed by atoms with Crippen molar-refractivity contribution >= 4 is 29.2 Å². The van der Waals surface area contributed by atoms with Crippen molar-refractivity contribution in [3.63, 3.8) is 0 Å². The van der Waals surface area contributed by atoms with Gasteiger partial charge in [0.25, 0.3) is 0 Å². The van der Waals surface area contributed by atoms with Gasteiger partial charge in [0.2, 0.25) is 6.79 Å². The largest absolute Gasteiger partial charge is 0.454 e. The number of aryl methyl sites for hydroxylation is 1. The molecule has 0 bridgehead atoms. The van der Waals surface area contributed by atoms with Crippen LogP contribution in [0, 0.1) is 6.92 Å². The number of carbonyl (C=O) groups is 1. The molecule has 4 N–H and O–H groups in total. The van der Waals surface area contributed by atoms with Crippen molar-refractivity contribution in [1.29, 1.82) is 0 Å². The van der Waals surface area contributed by atoms with Gasteiger partial charge in [-0.2, -0.15) is 0 Å². The molecule has 1 aliphatic rings. The van der Waals surface area contributed by atoms with Gasteiger partial charge in [-0.3, -0.25) is 0 Å². The Bertz CT molecular complexity index is 1010. The molecule has 10 heteroatoms. The molecular formula is C20H21N7O3. The molecule has 2 aromatic heterocycles. The quantitative estimate of drug-likeness (QED) is 0.441. The topological polar surface area (TPSA) is 122 Å². The molecular weight excluding hydrogens is 386 g/mol. The summed E-state index contributed by atoms with van der Waals surface area (Å²) in [6.07, 6.45) is 1.78. The van der Waals surface area contributed by atoms with E-state index in [-0.39, 0.29) is 12.8 Å². The third-order valence-electron chi connectivity index (χ3n) is 4.18. The number of nitrogens with zero attached hydrogens (tertiary/aromatic N) is 3. The number of urea groups is 1. The molecule has 0 atom stereocenters. The zero-order chi connectivity index (χ0) is 20.8. The van der Waals surface area contributed by atoms with Crippen LogP contribution in [-0.2, 0) is 0 Å². The summed E-state index contributed by atoms with van der Waals surface area (Å²) >= 11 is 0. The average Bonchev–Trinajstić information content (AvgIpc) is 3.22. The number of amides is 2. The molecule has 1 aliphatic heterocycles. The van der Waals surface area contributed by atoms with E-state index in [2.05, 4.69) is 36.4 Å². The molecule has 0 saturated carbocycles. The predicted molar refractivity (Wildman–Crippen MR) is 112 cm³/mol. The fourth-order valence-electron chi connectivity index (χ4n) is 2.68. The van der Waals surface area contributed by atoms with E-state index in [4.69, 9.17) is 9.47 Å². The van der Waals surface area contributed by atoms with Crippen molar-refractivity contribution in [3.05, 3.63) is 54.2 Å². The molecule has 0 radical (unpaired) electrons. The van der Waals surface area contributed by atoms with Gasteiger partial charge in [0.1, 0.15) is 11.6 Å². The lowest BCUT2D eigenvalue weighted by molar-refractivity contribution is 0.174. The lowest BCUT2D eigenvalue weighted by atomic mass is 10.3. The number of hydrogen-bond donors (Lipinski definition) is 4. The number of rotatable bonds is 7. The second-order valence-electron chi connectivity index (χ2n) is 6.53. The molecule has 4 rings (SSSR count). The van der Waals surface area contributed by atoms with Crippen LogP contribution in [-0.4, -0.2) is 41.1 Å². The Labute approximate surface area is 173 Å². The van der Waals surface area contributed by atoms with Crippen LogP contribution in [0.25, 0.3) is 0 Å². The van der Waals surface area contributed by atoms with E-state index >= 15 is 0 Å². The lowest BCUT2D eigenvalue weighted by Crippen LogP contribution is -2.32. The highest BCUT2D eigenvalue weighted by Crippen LogP contribution is 2.34. The Morgan fingerprint density at radius 1 is 0.967 bits per heavy atom. The van der Waals surface area contributed by atoms with E-state index in [1.54, 1.807) is 36.5 Å². The first kappa shape index (κ1) is 19.2. The maximum atomic E-state index is 12.0. The molecule has 0 aliphatic carbocycles. The van der Waals surface area contributed by atoms with Gasteiger partial charge in [0.05, 0.1) is 0 Å². The zero-order valence-electron chi connectivity index (χ0n) is 16.3. The normalized spacial score (nSPS) is 11.6. The maximum absolute atomic E-state index is 12.0. The number of ether oxygens (including phenoxy) is 2. The molecule has 2 amide bonds. The summed E-state index contributed by atoms with van der Waals surface area (Å²) in [4.78, 5) is 16.3. The van der Waals surface area contributed by atoms with Crippen LogP contribution in [0.1, 0.15) is 5.56 Å². The van der Waals surface area contributed by atoms with Crippen molar-refractivity contribution in [2.24, 2.45) is 0 Å². The fourth-order valence-corrected chi connectivity index (χ4v) is 2.68. The van der Waals surface area contributed by atoms with E-state index in [1.807, 2.05) is 19.1 Å². The van der Waals surface area contributed by atoms with Gasteiger partial charge in [0.15, 0.2) is 17.3 Å². The maximum Gasteiger partial charge on any atom is 0.319 e. The van der Waals surface area contributed by atoms with Gasteiger partial charge < -0.3 is 30.7 Å². The van der Waals surface area contributed by atoms with Crippen LogP contribution in [0.2, 0.25) is 0 Å². The van der Waals surface area contributed by atoms with Crippen molar-refractivity contribution < 1.29 is 14.3 Å². The summed E-state index contributed by atoms with van der Waals surface area (Å²) in [6.45, 7) is 3.08. The Morgan fingerprint density at radius 3 is 2.57 bits per heavy atom. The lowest BCUT2D eigenvalue weighted by Gasteiger charge is -2.09. The van der Waals surface area contributed by atoms with Crippen molar-refractivity contribution in [2.75, 3.05) is 35.8 Å². The summed E-state index contributed by atoms with van der Waals surface area (Å²) < 4.78 is 10.5. The van der Waals surface area contributed by atoms with Crippen LogP contribution < -0.4 is 30.7 Å². The monoisotopic (exact) mass is 407 g/mol. The van der Waals surface area contributed by atoms with Crippen LogP contribution in [0.4, 0.5) is 27.9 Å². The first-order valence-electron chi connectivity index (χ1n) is 9.37. The van der Waals surface area contributed by atoms with Crippen molar-refractivity contribution in [3.8, 4) is 11.5 Å². The minimum absolute atomic E-state index is 0.194. The molecule has 30 heavy (non-hydrogen) atoms. The third-order valence-corrected chi connectivity index (χ3v) is 4.18. The van der Waals surface area contributed by atoms with Gasteiger partial charge in [-0.05, 0) is 42.8 Å². The molecule has 154 valence electrons. The Morgan fingerprint density at radius 2 is 1.77 bits per heavy atom. The van der Waals surface area contributed by atoms with Crippen LogP contribution >= 0.6 is 0 Å². The third kappa shape index (κ3) is 5.04. The summed E-state index contributed by atoms with van der Waals surface area (Å²) in [7, 11) is 0. The van der Waals surface area contributed by atoms with E-state index in [1.165, 1.54) is 0 Å². The summed E-state index contributed by atoms with van der Waals surface area (Å²) in [6, 6.07) is 12.4. The number of anilines is 4. The SMILES string of the molecule is Cc1ccc(Nc2ccc(NCCNC(=O)Nc3ccc4c(c3)OCO4)nn2)nc1. The van der Waals surface area contributed by atoms with Gasteiger partial charge in [-0.15, -0.1) is 10.2 Å². The fraction of sp³-hybridized carbons (Fsp3) is 0.200. The minimum Gasteiger partial charge on any atom is -0.454 e. The zero-order valence-corrected chi connectivity index (χ0v) is 16.3. The van der Waals surface area contributed by atoms with Crippen LogP contribution in [0.15, 0.2) is 48.7 Å². The summed E-state index contributed by atoms with van der Waals surface area (Å²) in [5.74, 6) is 3.19. The number of fused-ring (bicyclic) bond motifs is 1. The van der Waals surface area contributed by atoms with Gasteiger partial charge in [0, 0.05) is 31.0 Å². The molecule has 3 heterocycles. The minimum atomic E-state index is -0.313. The molecule has 0 spiro atoms. The molecule has 3 aromatic rings. The number of aromatic nitrogens is 3. The van der Waals surface area contributed by atoms with Gasteiger partial charge in [-0.1, -0.05) is 6.07 Å². The molecule has 0 unspecified atom stereocenters. The first-order chi connectivity index (χ1) is 14.7. The highest BCUT2D eigenvalue weighted by atomic mass is 16.7. The first-order valence-corrected chi connectivity index (χ1v) is 9.37. The molecule has 0 saturated heterocycles. The van der Waals surface area contributed by atoms with E-state index in [0.29, 0.717) is 47.7 Å². The summed E-state index contributed by atoms with van der Waals surface area (Å²) in [5, 5.41) is 19.9. The Hall–Kier alpha value is -4.08. The number of pyridine rings is 1. The standard InChI is InChI=1S/C20H21N7O3/c1-13-2-5-17(23-11-13)25-19-7-6-18(26-27-19)21-8-9-22-20(28)24-14-3-4-15-16(10-14)30-12-29-15/h2-7,10-11H,8-9,12H2,1H3,(H,21,26)(H2,22,24,28)(H,23,25,27). The second-order valence-corrected chi connectivity index (χ2v) is 6.53. The summed E-state index contributed by atoms with van der Waals surface area (Å²) in [5.41, 5.74) is 1.71. The van der Waals surface area contributed by atoms with E-state index in [0.717, 1.165) is 5.56 Å². The Kier molecular flexibility index (Phi) is 5.74. The molecule has 10 nitrogen and oxygen atoms in total. The number of hydrogen-bond acceptors (Lipinski definition) is 8. The number of nitrogens with one attached hydrogen (secondary N) is 4. The van der Waals surface area contributed by atoms with Crippen LogP contribution in [0.5, 0.6) is 11.5 Å². The van der Waals surface area contributed by atoms with E-state index in [9.17, 15) is 4.79 Å². The Balaban J connectivity index is 1.18. The van der Waals surface area contributed by atoms with Gasteiger partial charge >= 0.3 is 6.03 Å². The number of benzene rings is 1. The highest BCUT2D eigenvalue weighted by Gasteiger charge is 2.13. The van der Waals surface area contributed by atoms with Crippen LogP contribution in [0.3, 0.4) is 0 Å². The molecule has 0 fully saturated rings. The second kappa shape index (κ2) is 8.95. The van der Waals surface area contributed by atoms with Gasteiger partial charge in [-0.25, -0.2) is 9.78 Å².